The summed E-state index contributed by atoms with van der Waals surface area (Å²) in [6.07, 6.45) is 0.987. The van der Waals surface area contributed by atoms with E-state index in [1.807, 2.05) is 22.8 Å². The summed E-state index contributed by atoms with van der Waals surface area (Å²) in [6, 6.07) is 3.63. The standard InChI is InChI=1S/C15H18Cl2N3O/c1-4-9-5-8(2)19(3)20-14(9)10-6-11(16)12(17)7-13(10)18-15(20)21/h6-7,15,18,21H,4-5H2,1-3H3/q+1. The third-order valence-corrected chi connectivity index (χ3v) is 4.89. The number of hydrogen-bond donors (Lipinski definition) is 2. The topological polar surface area (TPSA) is 38.5 Å². The molecule has 0 spiro atoms. The predicted octanol–water partition coefficient (Wildman–Crippen LogP) is 3.54. The SMILES string of the molecule is CCC1=C2c3cc(Cl)c(Cl)cc3NC(O)N2[N+](C)=C(C)C1. The van der Waals surface area contributed by atoms with Crippen molar-refractivity contribution in [2.75, 3.05) is 12.4 Å². The molecule has 6 heteroatoms. The van der Waals surface area contributed by atoms with Gasteiger partial charge in [0.05, 0.1) is 16.5 Å². The molecule has 0 bridgehead atoms. The van der Waals surface area contributed by atoms with Crippen molar-refractivity contribution in [2.45, 2.75) is 33.0 Å². The van der Waals surface area contributed by atoms with Gasteiger partial charge in [0, 0.05) is 18.2 Å². The zero-order valence-electron chi connectivity index (χ0n) is 12.2. The summed E-state index contributed by atoms with van der Waals surface area (Å²) in [7, 11) is 1.95. The molecule has 3 rings (SSSR count). The number of benzene rings is 1. The Kier molecular flexibility index (Phi) is 3.64. The lowest BCUT2D eigenvalue weighted by Gasteiger charge is -2.37. The van der Waals surface area contributed by atoms with E-state index < -0.39 is 6.35 Å². The van der Waals surface area contributed by atoms with Crippen LogP contribution in [-0.2, 0) is 0 Å². The summed E-state index contributed by atoms with van der Waals surface area (Å²) in [4.78, 5) is 0. The number of fused-ring (bicyclic) bond motifs is 3. The number of hydrazine groups is 1. The molecule has 2 aliphatic heterocycles. The van der Waals surface area contributed by atoms with Gasteiger partial charge in [-0.1, -0.05) is 30.1 Å². The third kappa shape index (κ3) is 2.22. The first-order chi connectivity index (χ1) is 9.93. The second kappa shape index (κ2) is 5.20. The number of nitrogens with zero attached hydrogens (tertiary/aromatic N) is 2. The lowest BCUT2D eigenvalue weighted by molar-refractivity contribution is -0.667. The number of hydrazone groups is 1. The van der Waals surface area contributed by atoms with Crippen LogP contribution in [0.3, 0.4) is 0 Å². The zero-order chi connectivity index (χ0) is 15.3. The van der Waals surface area contributed by atoms with Crippen LogP contribution in [0.4, 0.5) is 5.69 Å². The second-order valence-corrected chi connectivity index (χ2v) is 6.23. The van der Waals surface area contributed by atoms with E-state index in [0.717, 1.165) is 29.8 Å². The second-order valence-electron chi connectivity index (χ2n) is 5.42. The van der Waals surface area contributed by atoms with E-state index in [-0.39, 0.29) is 0 Å². The van der Waals surface area contributed by atoms with Gasteiger partial charge in [-0.05, 0) is 24.1 Å². The van der Waals surface area contributed by atoms with Gasteiger partial charge in [-0.2, -0.15) is 0 Å². The van der Waals surface area contributed by atoms with Crippen molar-refractivity contribution in [3.8, 4) is 0 Å². The van der Waals surface area contributed by atoms with Crippen LogP contribution in [0.1, 0.15) is 32.3 Å². The number of aliphatic hydroxyl groups is 1. The van der Waals surface area contributed by atoms with Gasteiger partial charge in [0.15, 0.2) is 12.8 Å². The number of halogens is 2. The average Bonchev–Trinajstić information content (AvgIpc) is 2.44. The molecular weight excluding hydrogens is 309 g/mol. The highest BCUT2D eigenvalue weighted by Crippen LogP contribution is 2.42. The maximum absolute atomic E-state index is 10.5. The minimum absolute atomic E-state index is 0.481. The molecule has 4 nitrogen and oxygen atoms in total. The van der Waals surface area contributed by atoms with Crippen molar-refractivity contribution in [1.82, 2.24) is 5.01 Å². The number of allylic oxidation sites excluding steroid dienone is 1. The van der Waals surface area contributed by atoms with Crippen LogP contribution >= 0.6 is 23.2 Å². The van der Waals surface area contributed by atoms with E-state index in [9.17, 15) is 5.11 Å². The fourth-order valence-corrected chi connectivity index (χ4v) is 3.29. The van der Waals surface area contributed by atoms with Crippen LogP contribution in [0.25, 0.3) is 5.70 Å². The predicted molar refractivity (Wildman–Crippen MR) is 86.6 cm³/mol. The third-order valence-electron chi connectivity index (χ3n) is 4.17. The van der Waals surface area contributed by atoms with Crippen molar-refractivity contribution < 1.29 is 9.79 Å². The first-order valence-corrected chi connectivity index (χ1v) is 7.71. The lowest BCUT2D eigenvalue weighted by atomic mass is 9.95. The fourth-order valence-electron chi connectivity index (χ4n) is 2.96. The molecule has 21 heavy (non-hydrogen) atoms. The van der Waals surface area contributed by atoms with E-state index >= 15 is 0 Å². The minimum atomic E-state index is -0.827. The van der Waals surface area contributed by atoms with Gasteiger partial charge >= 0.3 is 0 Å². The first kappa shape index (κ1) is 14.7. The summed E-state index contributed by atoms with van der Waals surface area (Å²) in [5, 5.41) is 16.4. The molecule has 0 saturated heterocycles. The normalized spacial score (nSPS) is 21.2. The molecule has 0 aliphatic carbocycles. The highest BCUT2D eigenvalue weighted by atomic mass is 35.5. The molecule has 2 aliphatic rings. The molecule has 0 saturated carbocycles. The first-order valence-electron chi connectivity index (χ1n) is 6.95. The molecule has 2 N–H and O–H groups in total. The largest absolute Gasteiger partial charge is 0.352 e. The monoisotopic (exact) mass is 326 g/mol. The molecule has 112 valence electrons. The van der Waals surface area contributed by atoms with Crippen molar-refractivity contribution in [3.63, 3.8) is 0 Å². The van der Waals surface area contributed by atoms with E-state index in [1.165, 1.54) is 11.3 Å². The van der Waals surface area contributed by atoms with Gasteiger partial charge in [-0.25, -0.2) is 0 Å². The van der Waals surface area contributed by atoms with Gasteiger partial charge in [-0.15, -0.1) is 9.69 Å². The van der Waals surface area contributed by atoms with Crippen molar-refractivity contribution in [1.29, 1.82) is 0 Å². The van der Waals surface area contributed by atoms with E-state index in [2.05, 4.69) is 19.2 Å². The van der Waals surface area contributed by atoms with Crippen LogP contribution in [-0.4, -0.2) is 33.9 Å². The smallest absolute Gasteiger partial charge is 0.260 e. The van der Waals surface area contributed by atoms with Crippen LogP contribution in [0, 0.1) is 0 Å². The number of hydrogen-bond acceptors (Lipinski definition) is 3. The van der Waals surface area contributed by atoms with Crippen LogP contribution < -0.4 is 5.32 Å². The average molecular weight is 327 g/mol. The van der Waals surface area contributed by atoms with Gasteiger partial charge < -0.3 is 10.4 Å². The molecule has 1 unspecified atom stereocenters. The molecule has 1 aromatic carbocycles. The summed E-state index contributed by atoms with van der Waals surface area (Å²) < 4.78 is 1.98. The summed E-state index contributed by atoms with van der Waals surface area (Å²) in [5.74, 6) is 0. The van der Waals surface area contributed by atoms with Crippen LogP contribution in [0.2, 0.25) is 10.0 Å². The molecule has 0 amide bonds. The quantitative estimate of drug-likeness (QED) is 0.775. The summed E-state index contributed by atoms with van der Waals surface area (Å²) in [5.41, 5.74) is 5.28. The molecule has 0 fully saturated rings. The number of anilines is 1. The fraction of sp³-hybridized carbons (Fsp3) is 0.400. The number of aliphatic hydroxyl groups excluding tert-OH is 1. The van der Waals surface area contributed by atoms with Gasteiger partial charge in [-0.3, -0.25) is 0 Å². The molecule has 2 heterocycles. The molecule has 0 radical (unpaired) electrons. The van der Waals surface area contributed by atoms with Crippen molar-refractivity contribution >= 4 is 40.3 Å². The van der Waals surface area contributed by atoms with Crippen molar-refractivity contribution in [2.24, 2.45) is 0 Å². The van der Waals surface area contributed by atoms with Gasteiger partial charge in [0.2, 0.25) is 0 Å². The maximum atomic E-state index is 10.5. The summed E-state index contributed by atoms with van der Waals surface area (Å²) >= 11 is 12.3. The molecular formula is C15H18Cl2N3O+. The van der Waals surface area contributed by atoms with Crippen molar-refractivity contribution in [3.05, 3.63) is 33.3 Å². The Labute approximate surface area is 134 Å². The summed E-state index contributed by atoms with van der Waals surface area (Å²) in [6.45, 7) is 4.20. The Morgan fingerprint density at radius 1 is 1.38 bits per heavy atom. The minimum Gasteiger partial charge on any atom is -0.352 e. The Balaban J connectivity index is 2.26. The van der Waals surface area contributed by atoms with Crippen LogP contribution in [0.5, 0.6) is 0 Å². The Morgan fingerprint density at radius 3 is 2.71 bits per heavy atom. The Bertz CT molecular complexity index is 682. The highest BCUT2D eigenvalue weighted by molar-refractivity contribution is 6.42. The Hall–Kier alpha value is -1.23. The van der Waals surface area contributed by atoms with E-state index in [4.69, 9.17) is 23.2 Å². The number of nitrogens with one attached hydrogen (secondary N) is 1. The lowest BCUT2D eigenvalue weighted by Crippen LogP contribution is -2.51. The van der Waals surface area contributed by atoms with E-state index in [1.54, 1.807) is 6.07 Å². The molecule has 0 aromatic heterocycles. The Morgan fingerprint density at radius 2 is 2.05 bits per heavy atom. The molecule has 1 atom stereocenters. The van der Waals surface area contributed by atoms with Gasteiger partial charge in [0.1, 0.15) is 5.70 Å². The maximum Gasteiger partial charge on any atom is 0.260 e. The molecule has 1 aromatic rings. The highest BCUT2D eigenvalue weighted by Gasteiger charge is 2.39. The zero-order valence-corrected chi connectivity index (χ0v) is 13.8. The van der Waals surface area contributed by atoms with Gasteiger partial charge in [0.25, 0.3) is 6.35 Å². The van der Waals surface area contributed by atoms with Crippen LogP contribution in [0.15, 0.2) is 17.7 Å². The van der Waals surface area contributed by atoms with E-state index in [0.29, 0.717) is 10.0 Å². The number of rotatable bonds is 1.